The van der Waals surface area contributed by atoms with Crippen molar-refractivity contribution < 1.29 is 58.6 Å². The molecule has 0 unspecified atom stereocenters. The van der Waals surface area contributed by atoms with Gasteiger partial charge in [-0.1, -0.05) is 66.2 Å². The number of nitrogens with zero attached hydrogens (tertiary/aromatic N) is 1. The van der Waals surface area contributed by atoms with Crippen LogP contribution in [0.3, 0.4) is 0 Å². The molecule has 4 aromatic rings. The maximum atomic E-state index is 12.9. The van der Waals surface area contributed by atoms with Crippen LogP contribution < -0.4 is 0 Å². The fourth-order valence-electron chi connectivity index (χ4n) is 4.18. The SMILES string of the molecule is O=C(Cc1c[c-]cc(-c2ccc(C(F)(F)F)cc2)c1)N1C(=O)OC[C@H]1Cc1ccccc1.[CH2-]c1ccccc1.[U+2]. The molecule has 1 aliphatic rings. The molecular weight excluding hydrogens is 741 g/mol. The molecule has 0 spiro atoms. The normalized spacial score (nSPS) is 14.4. The minimum absolute atomic E-state index is 0. The van der Waals surface area contributed by atoms with Crippen molar-refractivity contribution in [1.82, 2.24) is 4.90 Å². The van der Waals surface area contributed by atoms with Gasteiger partial charge in [-0.05, 0) is 12.0 Å². The second-order valence-electron chi connectivity index (χ2n) is 9.05. The molecule has 0 saturated carbocycles. The predicted octanol–water partition coefficient (Wildman–Crippen LogP) is 7.17. The van der Waals surface area contributed by atoms with Gasteiger partial charge < -0.3 is 4.74 Å². The molecule has 4 aromatic carbocycles. The molecule has 40 heavy (non-hydrogen) atoms. The zero-order valence-corrected chi connectivity index (χ0v) is 25.7. The van der Waals surface area contributed by atoms with Crippen molar-refractivity contribution in [3.8, 4) is 11.1 Å². The number of hydrogen-bond donors (Lipinski definition) is 0. The van der Waals surface area contributed by atoms with Crippen molar-refractivity contribution >= 4 is 12.0 Å². The number of cyclic esters (lactones) is 1. The first-order valence-corrected chi connectivity index (χ1v) is 12.3. The van der Waals surface area contributed by atoms with Crippen molar-refractivity contribution in [3.05, 3.63) is 138 Å². The molecule has 0 aliphatic carbocycles. The van der Waals surface area contributed by atoms with Gasteiger partial charge in [0.1, 0.15) is 6.61 Å². The molecule has 0 bridgehead atoms. The number of carbonyl (C=O) groups excluding carboxylic acids is 2. The number of carbonyl (C=O) groups is 2. The van der Waals surface area contributed by atoms with Gasteiger partial charge in [-0.3, -0.25) is 4.79 Å². The van der Waals surface area contributed by atoms with Gasteiger partial charge in [0, 0.05) is 6.42 Å². The summed E-state index contributed by atoms with van der Waals surface area (Å²) in [4.78, 5) is 26.3. The smallest absolute Gasteiger partial charge is 0.447 e. The average molecular weight is 768 g/mol. The zero-order valence-electron chi connectivity index (χ0n) is 21.5. The fraction of sp³-hybridized carbons (Fsp3) is 0.156. The number of benzene rings is 4. The molecule has 5 rings (SSSR count). The van der Waals surface area contributed by atoms with Gasteiger partial charge in [0.05, 0.1) is 11.6 Å². The molecule has 1 aliphatic heterocycles. The Morgan fingerprint density at radius 2 is 1.52 bits per heavy atom. The number of amides is 2. The molecule has 1 saturated heterocycles. The number of imide groups is 1. The van der Waals surface area contributed by atoms with Crippen molar-refractivity contribution in [3.63, 3.8) is 0 Å². The first-order chi connectivity index (χ1) is 18.7. The molecule has 8 heteroatoms. The van der Waals surface area contributed by atoms with E-state index in [-0.39, 0.29) is 50.2 Å². The monoisotopic (exact) mass is 767 g/mol. The van der Waals surface area contributed by atoms with E-state index in [4.69, 9.17) is 4.74 Å². The Morgan fingerprint density at radius 3 is 2.10 bits per heavy atom. The summed E-state index contributed by atoms with van der Waals surface area (Å²) in [6.07, 6.45) is -4.63. The van der Waals surface area contributed by atoms with E-state index in [1.807, 2.05) is 60.7 Å². The van der Waals surface area contributed by atoms with Gasteiger partial charge in [-0.25, -0.2) is 9.69 Å². The zero-order chi connectivity index (χ0) is 27.8. The van der Waals surface area contributed by atoms with Gasteiger partial charge >= 0.3 is 43.4 Å². The number of alkyl halides is 3. The van der Waals surface area contributed by atoms with Crippen molar-refractivity contribution in [2.75, 3.05) is 6.61 Å². The minimum Gasteiger partial charge on any atom is -0.447 e. The number of rotatable bonds is 5. The van der Waals surface area contributed by atoms with E-state index in [1.165, 1.54) is 12.1 Å². The molecule has 1 heterocycles. The van der Waals surface area contributed by atoms with E-state index in [0.717, 1.165) is 28.2 Å². The predicted molar refractivity (Wildman–Crippen MR) is 142 cm³/mol. The number of hydrogen-bond acceptors (Lipinski definition) is 3. The summed E-state index contributed by atoms with van der Waals surface area (Å²) in [6.45, 7) is 3.86. The first kappa shape index (κ1) is 31.1. The van der Waals surface area contributed by atoms with Gasteiger partial charge in [0.2, 0.25) is 5.91 Å². The van der Waals surface area contributed by atoms with Crippen LogP contribution in [0.25, 0.3) is 11.1 Å². The van der Waals surface area contributed by atoms with Crippen LogP contribution in [0.5, 0.6) is 0 Å². The molecule has 1 atom stereocenters. The summed E-state index contributed by atoms with van der Waals surface area (Å²) in [5.74, 6) is -0.397. The molecular formula is C32H26F3NO3U. The first-order valence-electron chi connectivity index (χ1n) is 12.3. The Labute approximate surface area is 255 Å². The Balaban J connectivity index is 0.000000482. The summed E-state index contributed by atoms with van der Waals surface area (Å²) >= 11 is 0. The van der Waals surface area contributed by atoms with Crippen LogP contribution in [0.2, 0.25) is 0 Å². The maximum absolute atomic E-state index is 12.9. The van der Waals surface area contributed by atoms with E-state index in [0.29, 0.717) is 23.1 Å². The van der Waals surface area contributed by atoms with E-state index < -0.39 is 23.7 Å². The molecule has 0 N–H and O–H groups in total. The standard InChI is InChI=1S/C25H19F3NO3.C7H7.U/c26-25(27,28)21-11-9-19(10-12-21)20-8-4-7-18(13-20)15-23(30)29-22(16-32-24(29)31)14-17-5-2-1-3-6-17;1-7-5-3-2-4-6-7;/h1-3,5-13,22H,14-16H2;2-6H,1H2;/q2*-1;+2/t22-;;/m1../s1. The van der Waals surface area contributed by atoms with Crippen LogP contribution in [-0.4, -0.2) is 29.5 Å². The second-order valence-corrected chi connectivity index (χ2v) is 9.05. The number of ether oxygens (including phenoxy) is 1. The topological polar surface area (TPSA) is 46.6 Å². The quantitative estimate of drug-likeness (QED) is 0.203. The fourth-order valence-corrected chi connectivity index (χ4v) is 4.18. The summed E-state index contributed by atoms with van der Waals surface area (Å²) in [7, 11) is 0. The summed E-state index contributed by atoms with van der Waals surface area (Å²) in [5, 5.41) is 0. The van der Waals surface area contributed by atoms with Crippen LogP contribution in [-0.2, 0) is 28.5 Å². The van der Waals surface area contributed by atoms with Gasteiger partial charge in [0.25, 0.3) is 0 Å². The molecule has 0 aromatic heterocycles. The van der Waals surface area contributed by atoms with Gasteiger partial charge in [-0.2, -0.15) is 62.1 Å². The van der Waals surface area contributed by atoms with Crippen molar-refractivity contribution in [2.24, 2.45) is 0 Å². The molecule has 202 valence electrons. The van der Waals surface area contributed by atoms with E-state index in [2.05, 4.69) is 13.0 Å². The maximum Gasteiger partial charge on any atom is 2.00 e. The Bertz CT molecular complexity index is 1390. The van der Waals surface area contributed by atoms with Crippen LogP contribution in [0.15, 0.2) is 103 Å². The van der Waals surface area contributed by atoms with E-state index in [9.17, 15) is 22.8 Å². The molecule has 2 amide bonds. The summed E-state index contributed by atoms with van der Waals surface area (Å²) in [5.41, 5.74) is 3.15. The Kier molecular flexibility index (Phi) is 11.1. The van der Waals surface area contributed by atoms with Crippen LogP contribution in [0.4, 0.5) is 18.0 Å². The largest absolute Gasteiger partial charge is 2.00 e. The third-order valence-corrected chi connectivity index (χ3v) is 6.14. The molecule has 4 nitrogen and oxygen atoms in total. The molecule has 1 fully saturated rings. The van der Waals surface area contributed by atoms with Crippen LogP contribution >= 0.6 is 0 Å². The second kappa shape index (κ2) is 14.2. The number of halogens is 3. The average Bonchev–Trinajstić information content (AvgIpc) is 3.29. The van der Waals surface area contributed by atoms with E-state index >= 15 is 0 Å². The summed E-state index contributed by atoms with van der Waals surface area (Å²) in [6, 6.07) is 31.7. The van der Waals surface area contributed by atoms with Gasteiger partial charge in [-0.15, -0.1) is 23.3 Å². The Morgan fingerprint density at radius 1 is 0.900 bits per heavy atom. The third kappa shape index (κ3) is 8.51. The van der Waals surface area contributed by atoms with Gasteiger partial charge in [0.15, 0.2) is 0 Å². The summed E-state index contributed by atoms with van der Waals surface area (Å²) < 4.78 is 43.5. The van der Waals surface area contributed by atoms with Crippen molar-refractivity contribution in [2.45, 2.75) is 25.1 Å². The van der Waals surface area contributed by atoms with Crippen LogP contribution in [0, 0.1) is 44.1 Å². The minimum atomic E-state index is -4.40. The molecule has 0 radical (unpaired) electrons. The van der Waals surface area contributed by atoms with E-state index in [1.54, 1.807) is 18.2 Å². The third-order valence-electron chi connectivity index (χ3n) is 6.14. The van der Waals surface area contributed by atoms with Crippen molar-refractivity contribution in [1.29, 1.82) is 0 Å². The Hall–Kier alpha value is -3.47. The van der Waals surface area contributed by atoms with Crippen LogP contribution in [0.1, 0.15) is 22.3 Å².